The van der Waals surface area contributed by atoms with Crippen LogP contribution in [0.3, 0.4) is 0 Å². The van der Waals surface area contributed by atoms with Gasteiger partial charge in [0.25, 0.3) is 0 Å². The lowest BCUT2D eigenvalue weighted by Gasteiger charge is -2.41. The first kappa shape index (κ1) is 23.8. The fraction of sp³-hybridized carbons (Fsp3) is 0.917. The molecule has 0 radical (unpaired) electrons. The van der Waals surface area contributed by atoms with Crippen LogP contribution in [-0.2, 0) is 19.0 Å². The van der Waals surface area contributed by atoms with Crippen LogP contribution in [0.25, 0.3) is 0 Å². The lowest BCUT2D eigenvalue weighted by atomic mass is 9.73. The Morgan fingerprint density at radius 2 is 1.84 bits per heavy atom. The topological polar surface area (TPSA) is 76.1 Å². The van der Waals surface area contributed by atoms with Crippen molar-refractivity contribution in [2.24, 2.45) is 17.0 Å². The van der Waals surface area contributed by atoms with Gasteiger partial charge in [-0.15, -0.1) is 0 Å². The van der Waals surface area contributed by atoms with Crippen LogP contribution in [0.5, 0.6) is 0 Å². The monoisotopic (exact) mass is 451 g/mol. The zero-order valence-electron chi connectivity index (χ0n) is 20.1. The van der Waals surface area contributed by atoms with E-state index in [1.165, 1.54) is 32.1 Å². The Bertz CT molecular complexity index is 654. The maximum atomic E-state index is 12.9. The number of rotatable bonds is 7. The van der Waals surface area contributed by atoms with Gasteiger partial charge in [0.1, 0.15) is 24.4 Å². The van der Waals surface area contributed by atoms with Crippen molar-refractivity contribution in [1.29, 1.82) is 0 Å². The third-order valence-electron chi connectivity index (χ3n) is 7.92. The smallest absolute Gasteiger partial charge is 0.410 e. The second-order valence-corrected chi connectivity index (χ2v) is 9.95. The first-order valence-corrected chi connectivity index (χ1v) is 12.6. The van der Waals surface area contributed by atoms with Gasteiger partial charge in [-0.1, -0.05) is 31.3 Å². The predicted octanol–water partition coefficient (Wildman–Crippen LogP) is 3.30. The number of carbonyl (C=O) groups excluding carboxylic acids is 1. The van der Waals surface area contributed by atoms with Gasteiger partial charge in [0.2, 0.25) is 0 Å². The Hall–Kier alpha value is -1.38. The number of nitrogens with zero attached hydrogens (tertiary/aromatic N) is 3. The Kier molecular flexibility index (Phi) is 7.95. The van der Waals surface area contributed by atoms with Gasteiger partial charge in [0.15, 0.2) is 0 Å². The van der Waals surface area contributed by atoms with Crippen LogP contribution in [0, 0.1) is 11.8 Å². The SMILES string of the molecule is CCN1CCN(C(=O)O[C@@H]2CC[C@]3(CO3)[C@@H](/C(C)=N/OCC3CCCCC3)[C@@H]2OC)CC1. The maximum absolute atomic E-state index is 12.9. The van der Waals surface area contributed by atoms with Crippen molar-refractivity contribution in [3.8, 4) is 0 Å². The molecule has 8 nitrogen and oxygen atoms in total. The molecule has 4 rings (SSSR count). The third kappa shape index (κ3) is 5.39. The summed E-state index contributed by atoms with van der Waals surface area (Å²) in [5.41, 5.74) is 0.625. The molecule has 8 heteroatoms. The molecule has 4 fully saturated rings. The normalized spacial score (nSPS) is 34.5. The van der Waals surface area contributed by atoms with Gasteiger partial charge in [-0.05, 0) is 45.1 Å². The third-order valence-corrected chi connectivity index (χ3v) is 7.92. The number of piperazine rings is 1. The summed E-state index contributed by atoms with van der Waals surface area (Å²) in [6, 6.07) is 0. The van der Waals surface area contributed by atoms with Crippen molar-refractivity contribution in [3.05, 3.63) is 0 Å². The van der Waals surface area contributed by atoms with Crippen molar-refractivity contribution in [3.63, 3.8) is 0 Å². The summed E-state index contributed by atoms with van der Waals surface area (Å²) in [4.78, 5) is 22.8. The highest BCUT2D eigenvalue weighted by Gasteiger charge is 2.60. The van der Waals surface area contributed by atoms with E-state index in [1.54, 1.807) is 7.11 Å². The number of likely N-dealkylation sites (N-methyl/N-ethyl adjacent to an activating group) is 1. The van der Waals surface area contributed by atoms with E-state index in [0.717, 1.165) is 38.2 Å². The van der Waals surface area contributed by atoms with Gasteiger partial charge < -0.3 is 28.8 Å². The molecule has 182 valence electrons. The highest BCUT2D eigenvalue weighted by atomic mass is 16.6. The summed E-state index contributed by atoms with van der Waals surface area (Å²) in [6.45, 7) is 9.76. The van der Waals surface area contributed by atoms with Crippen LogP contribution in [0.1, 0.15) is 58.8 Å². The van der Waals surface area contributed by atoms with Gasteiger partial charge in [-0.3, -0.25) is 0 Å². The Morgan fingerprint density at radius 1 is 1.12 bits per heavy atom. The van der Waals surface area contributed by atoms with Gasteiger partial charge >= 0.3 is 6.09 Å². The molecule has 0 aromatic carbocycles. The number of hydrogen-bond acceptors (Lipinski definition) is 7. The lowest BCUT2D eigenvalue weighted by molar-refractivity contribution is -0.0886. The van der Waals surface area contributed by atoms with E-state index in [9.17, 15) is 4.79 Å². The van der Waals surface area contributed by atoms with E-state index >= 15 is 0 Å². The second kappa shape index (κ2) is 10.7. The van der Waals surface area contributed by atoms with Crippen LogP contribution >= 0.6 is 0 Å². The molecule has 2 saturated carbocycles. The Balaban J connectivity index is 1.36. The summed E-state index contributed by atoms with van der Waals surface area (Å²) in [5, 5.41) is 4.50. The number of amides is 1. The standard InChI is InChI=1S/C24H41N3O5/c1-4-26-12-14-27(15-13-26)23(28)32-20-10-11-24(17-30-24)21(22(20)29-3)18(2)25-31-16-19-8-6-5-7-9-19/h19-22H,4-17H2,1-3H3/b25-18+/t20-,21+,22-,24+/m1/s1. The van der Waals surface area contributed by atoms with Crippen LogP contribution in [-0.4, -0.2) is 92.5 Å². The molecule has 0 N–H and O–H groups in total. The molecule has 4 atom stereocenters. The lowest BCUT2D eigenvalue weighted by Crippen LogP contribution is -2.55. The van der Waals surface area contributed by atoms with E-state index in [2.05, 4.69) is 17.0 Å². The van der Waals surface area contributed by atoms with Crippen molar-refractivity contribution in [1.82, 2.24) is 9.80 Å². The van der Waals surface area contributed by atoms with Crippen molar-refractivity contribution >= 4 is 11.8 Å². The van der Waals surface area contributed by atoms with Crippen LogP contribution in [0.2, 0.25) is 0 Å². The molecule has 2 aliphatic carbocycles. The number of methoxy groups -OCH3 is 1. The summed E-state index contributed by atoms with van der Waals surface area (Å²) in [5.74, 6) is 0.542. The number of oxime groups is 1. The Labute approximate surface area is 192 Å². The van der Waals surface area contributed by atoms with Gasteiger partial charge in [0, 0.05) is 33.3 Å². The number of ether oxygens (including phenoxy) is 3. The molecule has 0 bridgehead atoms. The Morgan fingerprint density at radius 3 is 2.47 bits per heavy atom. The molecule has 0 aromatic rings. The zero-order chi connectivity index (χ0) is 22.6. The summed E-state index contributed by atoms with van der Waals surface area (Å²) >= 11 is 0. The average molecular weight is 452 g/mol. The largest absolute Gasteiger partial charge is 0.443 e. The summed E-state index contributed by atoms with van der Waals surface area (Å²) in [6.07, 6.45) is 7.15. The number of hydrogen-bond donors (Lipinski definition) is 0. The van der Waals surface area contributed by atoms with Crippen LogP contribution < -0.4 is 0 Å². The minimum Gasteiger partial charge on any atom is -0.443 e. The van der Waals surface area contributed by atoms with E-state index in [-0.39, 0.29) is 29.8 Å². The fourth-order valence-corrected chi connectivity index (χ4v) is 5.78. The summed E-state index contributed by atoms with van der Waals surface area (Å²) in [7, 11) is 1.69. The van der Waals surface area contributed by atoms with Gasteiger partial charge in [0.05, 0.1) is 18.2 Å². The molecule has 2 aliphatic heterocycles. The molecule has 4 aliphatic rings. The number of carbonyl (C=O) groups is 1. The molecule has 1 spiro atoms. The van der Waals surface area contributed by atoms with Gasteiger partial charge in [-0.2, -0.15) is 0 Å². The molecule has 2 heterocycles. The average Bonchev–Trinajstić information content (AvgIpc) is 3.60. The van der Waals surface area contributed by atoms with E-state index < -0.39 is 0 Å². The minimum atomic E-state index is -0.306. The quantitative estimate of drug-likeness (QED) is 0.336. The van der Waals surface area contributed by atoms with Crippen molar-refractivity contribution < 1.29 is 23.8 Å². The second-order valence-electron chi connectivity index (χ2n) is 9.95. The van der Waals surface area contributed by atoms with Crippen LogP contribution in [0.15, 0.2) is 5.16 Å². The molecule has 1 amide bonds. The van der Waals surface area contributed by atoms with Crippen molar-refractivity contribution in [2.75, 3.05) is 53.0 Å². The van der Waals surface area contributed by atoms with E-state index in [1.807, 2.05) is 11.8 Å². The summed E-state index contributed by atoms with van der Waals surface area (Å²) < 4.78 is 17.8. The van der Waals surface area contributed by atoms with Crippen molar-refractivity contribution in [2.45, 2.75) is 76.6 Å². The first-order valence-electron chi connectivity index (χ1n) is 12.6. The number of epoxide rings is 1. The zero-order valence-corrected chi connectivity index (χ0v) is 20.1. The maximum Gasteiger partial charge on any atom is 0.410 e. The molecule has 0 aromatic heterocycles. The highest BCUT2D eigenvalue weighted by molar-refractivity contribution is 5.86. The van der Waals surface area contributed by atoms with Crippen LogP contribution in [0.4, 0.5) is 4.79 Å². The van der Waals surface area contributed by atoms with E-state index in [0.29, 0.717) is 32.2 Å². The molecular formula is C24H41N3O5. The van der Waals surface area contributed by atoms with Gasteiger partial charge in [-0.25, -0.2) is 4.79 Å². The van der Waals surface area contributed by atoms with E-state index in [4.69, 9.17) is 19.0 Å². The molecule has 32 heavy (non-hydrogen) atoms. The molecule has 2 saturated heterocycles. The predicted molar refractivity (Wildman–Crippen MR) is 122 cm³/mol. The molecular weight excluding hydrogens is 410 g/mol. The highest BCUT2D eigenvalue weighted by Crippen LogP contribution is 2.48. The first-order chi connectivity index (χ1) is 15.6. The fourth-order valence-electron chi connectivity index (χ4n) is 5.78. The minimum absolute atomic E-state index is 0.0673. The molecule has 0 unspecified atom stereocenters.